The summed E-state index contributed by atoms with van der Waals surface area (Å²) in [6.45, 7) is 0.966. The highest BCUT2D eigenvalue weighted by molar-refractivity contribution is 7.92. The number of nitrogens with zero attached hydrogens (tertiary/aromatic N) is 2. The Morgan fingerprint density at radius 3 is 2.29 bits per heavy atom. The normalized spacial score (nSPS) is 15.2. The molecule has 208 valence electrons. The lowest BCUT2D eigenvalue weighted by atomic mass is 10.1. The molecule has 7 nitrogen and oxygen atoms in total. The maximum Gasteiger partial charge on any atom is 0.417 e. The van der Waals surface area contributed by atoms with E-state index in [1.165, 1.54) is 4.90 Å². The van der Waals surface area contributed by atoms with E-state index >= 15 is 0 Å². The van der Waals surface area contributed by atoms with E-state index < -0.39 is 45.3 Å². The molecule has 1 N–H and O–H groups in total. The first-order valence-electron chi connectivity index (χ1n) is 12.3. The number of nitrogens with one attached hydrogen (secondary N) is 1. The van der Waals surface area contributed by atoms with Crippen LogP contribution in [0.3, 0.4) is 0 Å². The van der Waals surface area contributed by atoms with Crippen molar-refractivity contribution in [1.29, 1.82) is 0 Å². The molecule has 2 amide bonds. The lowest BCUT2D eigenvalue weighted by Crippen LogP contribution is -2.53. The highest BCUT2D eigenvalue weighted by Crippen LogP contribution is 2.37. The van der Waals surface area contributed by atoms with Crippen molar-refractivity contribution in [3.05, 3.63) is 64.7 Å². The zero-order valence-corrected chi connectivity index (χ0v) is 22.7. The molecule has 0 spiro atoms. The van der Waals surface area contributed by atoms with Crippen molar-refractivity contribution in [2.24, 2.45) is 0 Å². The van der Waals surface area contributed by atoms with Gasteiger partial charge in [-0.25, -0.2) is 8.42 Å². The Kier molecular flexibility index (Phi) is 9.69. The summed E-state index contributed by atoms with van der Waals surface area (Å²) >= 11 is 5.70. The molecule has 1 unspecified atom stereocenters. The van der Waals surface area contributed by atoms with Gasteiger partial charge in [0.15, 0.2) is 0 Å². The number of hydrogen-bond donors (Lipinski definition) is 1. The minimum atomic E-state index is -4.83. The van der Waals surface area contributed by atoms with Gasteiger partial charge < -0.3 is 10.2 Å². The van der Waals surface area contributed by atoms with Gasteiger partial charge in [0, 0.05) is 12.6 Å². The topological polar surface area (TPSA) is 86.8 Å². The van der Waals surface area contributed by atoms with E-state index in [-0.39, 0.29) is 30.6 Å². The third kappa shape index (κ3) is 7.63. The highest BCUT2D eigenvalue weighted by atomic mass is 35.5. The number of anilines is 1. The first-order chi connectivity index (χ1) is 17.8. The Bertz CT molecular complexity index is 1240. The Morgan fingerprint density at radius 2 is 1.74 bits per heavy atom. The second-order valence-electron chi connectivity index (χ2n) is 9.35. The molecule has 2 aromatic rings. The second kappa shape index (κ2) is 12.4. The van der Waals surface area contributed by atoms with Gasteiger partial charge in [-0.3, -0.25) is 13.9 Å². The van der Waals surface area contributed by atoms with Crippen molar-refractivity contribution < 1.29 is 31.2 Å². The lowest BCUT2D eigenvalue weighted by Gasteiger charge is -2.33. The average molecular weight is 574 g/mol. The summed E-state index contributed by atoms with van der Waals surface area (Å²) in [6, 6.07) is 10.6. The summed E-state index contributed by atoms with van der Waals surface area (Å²) in [7, 11) is -4.19. The van der Waals surface area contributed by atoms with Crippen LogP contribution in [0.4, 0.5) is 18.9 Å². The molecule has 0 aliphatic heterocycles. The molecule has 1 atom stereocenters. The third-order valence-electron chi connectivity index (χ3n) is 6.51. The SMILES string of the molecule is CCC(C(=O)NC1CCCC1)N(Cc1ccccc1)C(=O)CN(c1ccc(Cl)c(C(F)(F)F)c1)S(C)(=O)=O. The Hall–Kier alpha value is -2.79. The Morgan fingerprint density at radius 1 is 1.11 bits per heavy atom. The smallest absolute Gasteiger partial charge is 0.352 e. The molecule has 1 aliphatic rings. The van der Waals surface area contributed by atoms with Crippen LogP contribution < -0.4 is 9.62 Å². The summed E-state index contributed by atoms with van der Waals surface area (Å²) in [5.41, 5.74) is -0.869. The number of halogens is 4. The second-order valence-corrected chi connectivity index (χ2v) is 11.7. The molecule has 0 heterocycles. The molecule has 0 aromatic heterocycles. The summed E-state index contributed by atoms with van der Waals surface area (Å²) in [6.07, 6.45) is -0.0881. The van der Waals surface area contributed by atoms with Crippen molar-refractivity contribution in [2.75, 3.05) is 17.1 Å². The van der Waals surface area contributed by atoms with Gasteiger partial charge in [0.25, 0.3) is 0 Å². The predicted molar refractivity (Wildman–Crippen MR) is 140 cm³/mol. The van der Waals surface area contributed by atoms with Gasteiger partial charge in [0.05, 0.1) is 22.5 Å². The number of carbonyl (C=O) groups is 2. The van der Waals surface area contributed by atoms with E-state index in [0.717, 1.165) is 44.1 Å². The molecular weight excluding hydrogens is 543 g/mol. The standard InChI is InChI=1S/C26H31ClF3N3O4S/c1-3-23(25(35)31-19-11-7-8-12-19)32(16-18-9-5-4-6-10-18)24(34)17-33(38(2,36)37)20-13-14-22(27)21(15-20)26(28,29)30/h4-6,9-10,13-15,19,23H,3,7-8,11-12,16-17H2,1-2H3,(H,31,35). The lowest BCUT2D eigenvalue weighted by molar-refractivity contribution is -0.140. The molecular formula is C26H31ClF3N3O4S. The van der Waals surface area contributed by atoms with E-state index in [9.17, 15) is 31.2 Å². The minimum absolute atomic E-state index is 0.00704. The summed E-state index contributed by atoms with van der Waals surface area (Å²) in [4.78, 5) is 28.2. The molecule has 1 aliphatic carbocycles. The molecule has 12 heteroatoms. The van der Waals surface area contributed by atoms with Crippen LogP contribution in [0.1, 0.15) is 50.2 Å². The van der Waals surface area contributed by atoms with E-state index in [1.54, 1.807) is 37.3 Å². The fourth-order valence-corrected chi connectivity index (χ4v) is 5.63. The number of hydrogen-bond acceptors (Lipinski definition) is 4. The van der Waals surface area contributed by atoms with Crippen molar-refractivity contribution in [1.82, 2.24) is 10.2 Å². The van der Waals surface area contributed by atoms with Gasteiger partial charge >= 0.3 is 6.18 Å². The molecule has 1 fully saturated rings. The van der Waals surface area contributed by atoms with E-state index in [0.29, 0.717) is 15.9 Å². The van der Waals surface area contributed by atoms with Crippen LogP contribution >= 0.6 is 11.6 Å². The maximum absolute atomic E-state index is 13.7. The van der Waals surface area contributed by atoms with Crippen molar-refractivity contribution in [3.63, 3.8) is 0 Å². The molecule has 0 bridgehead atoms. The van der Waals surface area contributed by atoms with Crippen LogP contribution in [0.25, 0.3) is 0 Å². The molecule has 0 saturated heterocycles. The van der Waals surface area contributed by atoms with Crippen LogP contribution in [-0.4, -0.2) is 50.0 Å². The summed E-state index contributed by atoms with van der Waals surface area (Å²) in [5, 5.41) is 2.40. The first kappa shape index (κ1) is 29.8. The first-order valence-corrected chi connectivity index (χ1v) is 14.5. The zero-order chi connectivity index (χ0) is 28.1. The van der Waals surface area contributed by atoms with Gasteiger partial charge in [0.1, 0.15) is 12.6 Å². The van der Waals surface area contributed by atoms with Gasteiger partial charge in [-0.2, -0.15) is 13.2 Å². The van der Waals surface area contributed by atoms with E-state index in [4.69, 9.17) is 11.6 Å². The van der Waals surface area contributed by atoms with Gasteiger partial charge in [-0.15, -0.1) is 0 Å². The molecule has 3 rings (SSSR count). The highest BCUT2D eigenvalue weighted by Gasteiger charge is 2.36. The minimum Gasteiger partial charge on any atom is -0.352 e. The van der Waals surface area contributed by atoms with Crippen LogP contribution in [0.2, 0.25) is 5.02 Å². The van der Waals surface area contributed by atoms with Gasteiger partial charge in [0.2, 0.25) is 21.8 Å². The molecule has 0 radical (unpaired) electrons. The van der Waals surface area contributed by atoms with Crippen LogP contribution in [0, 0.1) is 0 Å². The van der Waals surface area contributed by atoms with E-state index in [1.807, 2.05) is 0 Å². The van der Waals surface area contributed by atoms with E-state index in [2.05, 4.69) is 5.32 Å². The molecule has 1 saturated carbocycles. The van der Waals surface area contributed by atoms with Crippen molar-refractivity contribution in [3.8, 4) is 0 Å². The van der Waals surface area contributed by atoms with Crippen molar-refractivity contribution >= 4 is 39.1 Å². The van der Waals surface area contributed by atoms with Gasteiger partial charge in [-0.1, -0.05) is 61.7 Å². The van der Waals surface area contributed by atoms with Crippen LogP contribution in [0.5, 0.6) is 0 Å². The summed E-state index contributed by atoms with van der Waals surface area (Å²) in [5.74, 6) is -1.07. The van der Waals surface area contributed by atoms with Crippen molar-refractivity contribution in [2.45, 2.75) is 63.8 Å². The van der Waals surface area contributed by atoms with Crippen LogP contribution in [-0.2, 0) is 32.3 Å². The number of rotatable bonds is 10. The maximum atomic E-state index is 13.7. The Balaban J connectivity index is 1.96. The Labute approximate surface area is 226 Å². The number of benzene rings is 2. The van der Waals surface area contributed by atoms with Crippen LogP contribution in [0.15, 0.2) is 48.5 Å². The van der Waals surface area contributed by atoms with Gasteiger partial charge in [-0.05, 0) is 43.0 Å². The number of amides is 2. The molecule has 2 aromatic carbocycles. The summed E-state index contributed by atoms with van der Waals surface area (Å²) < 4.78 is 66.3. The zero-order valence-electron chi connectivity index (χ0n) is 21.2. The third-order valence-corrected chi connectivity index (χ3v) is 7.98. The fourth-order valence-electron chi connectivity index (χ4n) is 4.57. The molecule has 38 heavy (non-hydrogen) atoms. The predicted octanol–water partition coefficient (Wildman–Crippen LogP) is 4.99. The average Bonchev–Trinajstić information content (AvgIpc) is 3.35. The fraction of sp³-hybridized carbons (Fsp3) is 0.462. The quantitative estimate of drug-likeness (QED) is 0.434. The number of alkyl halides is 3. The number of carbonyl (C=O) groups excluding carboxylic acids is 2. The monoisotopic (exact) mass is 573 g/mol. The largest absolute Gasteiger partial charge is 0.417 e. The number of sulfonamides is 1.